The van der Waals surface area contributed by atoms with Gasteiger partial charge >= 0.3 is 12.1 Å². The highest BCUT2D eigenvalue weighted by Gasteiger charge is 2.84. The standard InChI is InChI=1S/C22H30O6/c1-12(2)17-7-14-8-20(10-23)16-6-5-13(3)15(16)9-21(14,11-28-19(26)27-4)22(17,20)18(24)25/h7,10,12-16H,5-6,8-9,11H2,1-4H3,(H,24,25)/t13-,14+,15-,16-,20+,21+,22+/m1/s1. The Balaban J connectivity index is 1.94. The van der Waals surface area contributed by atoms with Gasteiger partial charge in [-0.05, 0) is 48.9 Å². The average Bonchev–Trinajstić information content (AvgIpc) is 3.23. The van der Waals surface area contributed by atoms with Crippen molar-refractivity contribution in [2.75, 3.05) is 13.7 Å². The highest BCUT2D eigenvalue weighted by atomic mass is 16.7. The Hall–Kier alpha value is -1.85. The first-order chi connectivity index (χ1) is 13.2. The molecule has 0 radical (unpaired) electrons. The zero-order valence-corrected chi connectivity index (χ0v) is 17.1. The summed E-state index contributed by atoms with van der Waals surface area (Å²) in [6.45, 7) is 6.17. The van der Waals surface area contributed by atoms with Gasteiger partial charge in [0.25, 0.3) is 0 Å². The van der Waals surface area contributed by atoms with Crippen LogP contribution in [-0.2, 0) is 19.1 Å². The maximum absolute atomic E-state index is 13.1. The van der Waals surface area contributed by atoms with Gasteiger partial charge in [-0.2, -0.15) is 0 Å². The van der Waals surface area contributed by atoms with Crippen molar-refractivity contribution in [3.63, 3.8) is 0 Å². The molecule has 4 bridgehead atoms. The molecule has 0 aliphatic heterocycles. The van der Waals surface area contributed by atoms with Crippen molar-refractivity contribution in [1.29, 1.82) is 0 Å². The molecule has 0 amide bonds. The second kappa shape index (κ2) is 6.07. The van der Waals surface area contributed by atoms with Crippen molar-refractivity contribution in [2.24, 2.45) is 45.8 Å². The van der Waals surface area contributed by atoms with Gasteiger partial charge in [-0.1, -0.05) is 38.8 Å². The number of hydrogen-bond acceptors (Lipinski definition) is 5. The van der Waals surface area contributed by atoms with Gasteiger partial charge in [-0.3, -0.25) is 4.79 Å². The molecule has 6 nitrogen and oxygen atoms in total. The maximum atomic E-state index is 13.1. The summed E-state index contributed by atoms with van der Waals surface area (Å²) in [6.07, 6.45) is 5.38. The van der Waals surface area contributed by atoms with Crippen molar-refractivity contribution in [3.05, 3.63) is 11.6 Å². The van der Waals surface area contributed by atoms with E-state index in [0.717, 1.165) is 24.7 Å². The molecule has 0 heterocycles. The summed E-state index contributed by atoms with van der Waals surface area (Å²) >= 11 is 0. The molecule has 154 valence electrons. The van der Waals surface area contributed by atoms with Gasteiger partial charge in [-0.15, -0.1) is 0 Å². The molecule has 0 aromatic carbocycles. The molecule has 3 saturated carbocycles. The lowest BCUT2D eigenvalue weighted by Gasteiger charge is -2.58. The van der Waals surface area contributed by atoms with Crippen LogP contribution in [0.3, 0.4) is 0 Å². The van der Waals surface area contributed by atoms with E-state index in [4.69, 9.17) is 4.74 Å². The van der Waals surface area contributed by atoms with Crippen molar-refractivity contribution in [2.45, 2.75) is 46.5 Å². The molecular weight excluding hydrogens is 360 g/mol. The van der Waals surface area contributed by atoms with Gasteiger partial charge in [0, 0.05) is 5.41 Å². The van der Waals surface area contributed by atoms with E-state index in [1.165, 1.54) is 7.11 Å². The zero-order chi connectivity index (χ0) is 20.5. The van der Waals surface area contributed by atoms with Crippen molar-refractivity contribution in [1.82, 2.24) is 0 Å². The zero-order valence-electron chi connectivity index (χ0n) is 17.1. The summed E-state index contributed by atoms with van der Waals surface area (Å²) in [5.41, 5.74) is -2.17. The van der Waals surface area contributed by atoms with Gasteiger partial charge in [0.1, 0.15) is 18.3 Å². The highest BCUT2D eigenvalue weighted by molar-refractivity contribution is 5.90. The van der Waals surface area contributed by atoms with Crippen LogP contribution in [0, 0.1) is 45.8 Å². The van der Waals surface area contributed by atoms with Gasteiger partial charge in [0.15, 0.2) is 0 Å². The minimum absolute atomic E-state index is 0.00797. The summed E-state index contributed by atoms with van der Waals surface area (Å²) in [7, 11) is 1.25. The summed E-state index contributed by atoms with van der Waals surface area (Å²) in [5.74, 6) is -0.208. The Morgan fingerprint density at radius 3 is 2.61 bits per heavy atom. The van der Waals surface area contributed by atoms with E-state index >= 15 is 0 Å². The predicted octanol–water partition coefficient (Wildman–Crippen LogP) is 3.69. The number of allylic oxidation sites excluding steroid dienone is 1. The minimum atomic E-state index is -1.31. The lowest BCUT2D eigenvalue weighted by Crippen LogP contribution is -2.63. The molecule has 28 heavy (non-hydrogen) atoms. The number of aliphatic carboxylic acids is 1. The Morgan fingerprint density at radius 1 is 1.32 bits per heavy atom. The lowest BCUT2D eigenvalue weighted by molar-refractivity contribution is -0.184. The molecule has 0 aromatic heterocycles. The highest BCUT2D eigenvalue weighted by Crippen LogP contribution is 2.82. The molecule has 4 rings (SSSR count). The van der Waals surface area contributed by atoms with Gasteiger partial charge in [0.05, 0.1) is 12.5 Å². The largest absolute Gasteiger partial charge is 0.507 e. The topological polar surface area (TPSA) is 89.9 Å². The van der Waals surface area contributed by atoms with Crippen LogP contribution in [0.25, 0.3) is 0 Å². The van der Waals surface area contributed by atoms with E-state index in [2.05, 4.69) is 17.7 Å². The molecule has 1 N–H and O–H groups in total. The predicted molar refractivity (Wildman–Crippen MR) is 100 cm³/mol. The molecule has 3 fully saturated rings. The number of fused-ring (bicyclic) bond motifs is 2. The van der Waals surface area contributed by atoms with Crippen LogP contribution in [0.4, 0.5) is 4.79 Å². The number of carboxylic acid groups (broad SMARTS) is 1. The number of rotatable bonds is 5. The van der Waals surface area contributed by atoms with Crippen molar-refractivity contribution in [3.8, 4) is 0 Å². The normalized spacial score (nSPS) is 45.5. The second-order valence-electron chi connectivity index (χ2n) is 9.73. The molecule has 0 spiro atoms. The fourth-order valence-corrected chi connectivity index (χ4v) is 7.88. The average molecular weight is 390 g/mol. The van der Waals surface area contributed by atoms with Gasteiger partial charge < -0.3 is 19.4 Å². The molecule has 4 aliphatic carbocycles. The quantitative estimate of drug-likeness (QED) is 0.437. The first kappa shape index (κ1) is 19.5. The van der Waals surface area contributed by atoms with E-state index in [-0.39, 0.29) is 30.3 Å². The smallest absolute Gasteiger partial charge is 0.481 e. The molecular formula is C22H30O6. The number of carbonyl (C=O) groups is 3. The van der Waals surface area contributed by atoms with E-state index < -0.39 is 28.4 Å². The first-order valence-electron chi connectivity index (χ1n) is 10.3. The Kier molecular flexibility index (Phi) is 4.22. The van der Waals surface area contributed by atoms with Crippen LogP contribution in [0.1, 0.15) is 46.5 Å². The van der Waals surface area contributed by atoms with Crippen molar-refractivity contribution < 1.29 is 29.0 Å². The summed E-state index contributed by atoms with van der Waals surface area (Å²) in [5, 5.41) is 10.7. The van der Waals surface area contributed by atoms with Crippen LogP contribution in [0.5, 0.6) is 0 Å². The number of carbonyl (C=O) groups excluding carboxylic acids is 2. The first-order valence-corrected chi connectivity index (χ1v) is 10.3. The van der Waals surface area contributed by atoms with Gasteiger partial charge in [-0.25, -0.2) is 4.79 Å². The van der Waals surface area contributed by atoms with Crippen LogP contribution < -0.4 is 0 Å². The molecule has 0 aromatic rings. The SMILES string of the molecule is COC(=O)OC[C@@]12C[C@@H]3[C@H](C)CC[C@H]3[C@@]3(C=O)C[C@@H]1C=C(C(C)C)[C@@]23C(=O)O. The number of ether oxygens (including phenoxy) is 2. The third-order valence-electron chi connectivity index (χ3n) is 8.74. The molecule has 0 saturated heterocycles. The van der Waals surface area contributed by atoms with Crippen LogP contribution >= 0.6 is 0 Å². The van der Waals surface area contributed by atoms with E-state index in [0.29, 0.717) is 18.8 Å². The summed E-state index contributed by atoms with van der Waals surface area (Å²) < 4.78 is 10.1. The van der Waals surface area contributed by atoms with E-state index in [9.17, 15) is 19.5 Å². The maximum Gasteiger partial charge on any atom is 0.507 e. The van der Waals surface area contributed by atoms with Crippen LogP contribution in [0.15, 0.2) is 11.6 Å². The molecule has 7 atom stereocenters. The molecule has 0 unspecified atom stereocenters. The number of methoxy groups -OCH3 is 1. The third kappa shape index (κ3) is 1.92. The lowest BCUT2D eigenvalue weighted by atomic mass is 9.43. The van der Waals surface area contributed by atoms with Gasteiger partial charge in [0.2, 0.25) is 0 Å². The molecule has 4 aliphatic rings. The molecule has 6 heteroatoms. The Morgan fingerprint density at radius 2 is 2.04 bits per heavy atom. The third-order valence-corrected chi connectivity index (χ3v) is 8.74. The second-order valence-corrected chi connectivity index (χ2v) is 9.73. The number of hydrogen-bond donors (Lipinski definition) is 1. The number of carboxylic acids is 1. The number of aldehydes is 1. The monoisotopic (exact) mass is 390 g/mol. The Bertz CT molecular complexity index is 756. The fraction of sp³-hybridized carbons (Fsp3) is 0.773. The van der Waals surface area contributed by atoms with E-state index in [1.54, 1.807) is 0 Å². The van der Waals surface area contributed by atoms with Crippen LogP contribution in [0.2, 0.25) is 0 Å². The summed E-state index contributed by atoms with van der Waals surface area (Å²) in [6, 6.07) is 0. The fourth-order valence-electron chi connectivity index (χ4n) is 7.88. The Labute approximate surface area is 165 Å². The van der Waals surface area contributed by atoms with Crippen molar-refractivity contribution >= 4 is 18.4 Å². The van der Waals surface area contributed by atoms with Crippen LogP contribution in [-0.4, -0.2) is 37.2 Å². The summed E-state index contributed by atoms with van der Waals surface area (Å²) in [4.78, 5) is 37.7. The van der Waals surface area contributed by atoms with E-state index in [1.807, 2.05) is 13.8 Å². The minimum Gasteiger partial charge on any atom is -0.481 e.